The molecular weight excluding hydrogens is 256 g/mol. The second-order valence-corrected chi connectivity index (χ2v) is 5.78. The van der Waals surface area contributed by atoms with Crippen molar-refractivity contribution in [3.05, 3.63) is 11.8 Å². The summed E-state index contributed by atoms with van der Waals surface area (Å²) in [6.07, 6.45) is 0. The summed E-state index contributed by atoms with van der Waals surface area (Å²) in [5.74, 6) is 0.282. The van der Waals surface area contributed by atoms with Crippen molar-refractivity contribution in [2.24, 2.45) is 0 Å². The number of rotatable bonds is 3. The van der Waals surface area contributed by atoms with E-state index in [1.807, 2.05) is 32.0 Å². The van der Waals surface area contributed by atoms with E-state index in [0.717, 1.165) is 20.2 Å². The second kappa shape index (κ2) is 4.84. The number of nitrogen functional groups attached to an aromatic ring is 1. The largest absolute Gasteiger partial charge is 0.368 e. The Balaban J connectivity index is 2.19. The molecule has 0 radical (unpaired) electrons. The first kappa shape index (κ1) is 12.1. The van der Waals surface area contributed by atoms with Crippen LogP contribution in [0.2, 0.25) is 0 Å². The van der Waals surface area contributed by atoms with E-state index in [4.69, 9.17) is 5.73 Å². The molecule has 17 heavy (non-hydrogen) atoms. The first-order valence-corrected chi connectivity index (χ1v) is 6.48. The highest BCUT2D eigenvalue weighted by molar-refractivity contribution is 8.01. The average Bonchev–Trinajstić information content (AvgIpc) is 2.64. The van der Waals surface area contributed by atoms with E-state index >= 15 is 0 Å². The lowest BCUT2D eigenvalue weighted by atomic mass is 10.5. The van der Waals surface area contributed by atoms with Gasteiger partial charge >= 0.3 is 0 Å². The monoisotopic (exact) mass is 268 g/mol. The highest BCUT2D eigenvalue weighted by Gasteiger charge is 2.09. The van der Waals surface area contributed by atoms with Crippen LogP contribution in [0.1, 0.15) is 5.69 Å². The molecule has 6 nitrogen and oxygen atoms in total. The summed E-state index contributed by atoms with van der Waals surface area (Å²) in [7, 11) is 3.86. The third kappa shape index (κ3) is 3.04. The molecule has 0 saturated carbocycles. The van der Waals surface area contributed by atoms with E-state index in [1.165, 1.54) is 23.1 Å². The van der Waals surface area contributed by atoms with Crippen LogP contribution < -0.4 is 10.6 Å². The second-order valence-electron chi connectivity index (χ2n) is 3.55. The molecule has 0 bridgehead atoms. The van der Waals surface area contributed by atoms with E-state index in [1.54, 1.807) is 0 Å². The molecular formula is C9H12N6S2. The summed E-state index contributed by atoms with van der Waals surface area (Å²) in [5, 5.41) is 9.79. The van der Waals surface area contributed by atoms with Gasteiger partial charge in [0.25, 0.3) is 0 Å². The Morgan fingerprint density at radius 2 is 2.06 bits per heavy atom. The zero-order chi connectivity index (χ0) is 12.4. The van der Waals surface area contributed by atoms with E-state index in [0.29, 0.717) is 0 Å². The van der Waals surface area contributed by atoms with Gasteiger partial charge in [0, 0.05) is 19.8 Å². The van der Waals surface area contributed by atoms with Crippen LogP contribution in [-0.4, -0.2) is 34.3 Å². The van der Waals surface area contributed by atoms with Gasteiger partial charge < -0.3 is 10.6 Å². The van der Waals surface area contributed by atoms with Gasteiger partial charge in [-0.2, -0.15) is 0 Å². The van der Waals surface area contributed by atoms with Crippen LogP contribution in [0, 0.1) is 6.92 Å². The quantitative estimate of drug-likeness (QED) is 0.843. The average molecular weight is 268 g/mol. The third-order valence-electron chi connectivity index (χ3n) is 1.82. The molecule has 2 heterocycles. The van der Waals surface area contributed by atoms with Gasteiger partial charge in [-0.25, -0.2) is 9.97 Å². The lowest BCUT2D eigenvalue weighted by Gasteiger charge is -2.03. The predicted molar refractivity (Wildman–Crippen MR) is 69.5 cm³/mol. The fourth-order valence-corrected chi connectivity index (χ4v) is 2.91. The number of nitrogens with two attached hydrogens (primary N) is 1. The Labute approximate surface area is 107 Å². The van der Waals surface area contributed by atoms with Gasteiger partial charge in [-0.15, -0.1) is 10.2 Å². The minimum absolute atomic E-state index is 0.282. The normalized spacial score (nSPS) is 10.5. The molecule has 0 aliphatic rings. The van der Waals surface area contributed by atoms with Crippen molar-refractivity contribution in [3.63, 3.8) is 0 Å². The van der Waals surface area contributed by atoms with Crippen molar-refractivity contribution in [2.75, 3.05) is 24.7 Å². The molecule has 0 aliphatic heterocycles. The fourth-order valence-electron chi connectivity index (χ4n) is 1.13. The summed E-state index contributed by atoms with van der Waals surface area (Å²) in [6, 6.07) is 1.87. The fraction of sp³-hybridized carbons (Fsp3) is 0.333. The van der Waals surface area contributed by atoms with Crippen molar-refractivity contribution in [2.45, 2.75) is 16.3 Å². The topological polar surface area (TPSA) is 80.8 Å². The Kier molecular flexibility index (Phi) is 3.43. The molecule has 0 atom stereocenters. The first-order valence-electron chi connectivity index (χ1n) is 4.84. The number of aryl methyl sites for hydroxylation is 1. The van der Waals surface area contributed by atoms with Gasteiger partial charge in [0.05, 0.1) is 0 Å². The maximum Gasteiger partial charge on any atom is 0.221 e. The number of nitrogens with zero attached hydrogens (tertiary/aromatic N) is 5. The van der Waals surface area contributed by atoms with Gasteiger partial charge in [-0.05, 0) is 24.8 Å². The van der Waals surface area contributed by atoms with Crippen LogP contribution in [0.25, 0.3) is 0 Å². The zero-order valence-corrected chi connectivity index (χ0v) is 11.3. The van der Waals surface area contributed by atoms with Crippen LogP contribution in [-0.2, 0) is 0 Å². The van der Waals surface area contributed by atoms with Gasteiger partial charge in [-0.3, -0.25) is 0 Å². The first-order chi connectivity index (χ1) is 8.04. The Hall–Kier alpha value is -1.41. The summed E-state index contributed by atoms with van der Waals surface area (Å²) in [5.41, 5.74) is 6.43. The summed E-state index contributed by atoms with van der Waals surface area (Å²) < 4.78 is 0.839. The van der Waals surface area contributed by atoms with Crippen LogP contribution >= 0.6 is 23.1 Å². The maximum absolute atomic E-state index is 5.59. The Bertz CT molecular complexity index is 504. The predicted octanol–water partition coefficient (Wildman–Crippen LogP) is 1.44. The molecule has 2 N–H and O–H groups in total. The SMILES string of the molecule is Cc1cc(Sc2nnc(N(C)C)s2)nc(N)n1. The van der Waals surface area contributed by atoms with E-state index in [9.17, 15) is 0 Å². The van der Waals surface area contributed by atoms with E-state index < -0.39 is 0 Å². The van der Waals surface area contributed by atoms with Crippen molar-refractivity contribution in [1.82, 2.24) is 20.2 Å². The molecule has 0 aromatic carbocycles. The summed E-state index contributed by atoms with van der Waals surface area (Å²) in [6.45, 7) is 1.88. The van der Waals surface area contributed by atoms with Crippen molar-refractivity contribution in [1.29, 1.82) is 0 Å². The van der Waals surface area contributed by atoms with Crippen LogP contribution in [0.3, 0.4) is 0 Å². The molecule has 2 rings (SSSR count). The van der Waals surface area contributed by atoms with Gasteiger partial charge in [0.1, 0.15) is 5.03 Å². The molecule has 0 spiro atoms. The molecule has 2 aromatic heterocycles. The highest BCUT2D eigenvalue weighted by Crippen LogP contribution is 2.31. The highest BCUT2D eigenvalue weighted by atomic mass is 32.2. The van der Waals surface area contributed by atoms with Crippen molar-refractivity contribution >= 4 is 34.2 Å². The van der Waals surface area contributed by atoms with Crippen molar-refractivity contribution in [3.8, 4) is 0 Å². The lowest BCUT2D eigenvalue weighted by Crippen LogP contribution is -2.07. The molecule has 0 unspecified atom stereocenters. The number of hydrogen-bond donors (Lipinski definition) is 1. The van der Waals surface area contributed by atoms with E-state index in [-0.39, 0.29) is 5.95 Å². The minimum Gasteiger partial charge on any atom is -0.368 e. The molecule has 0 amide bonds. The number of hydrogen-bond acceptors (Lipinski definition) is 8. The summed E-state index contributed by atoms with van der Waals surface area (Å²) >= 11 is 2.95. The van der Waals surface area contributed by atoms with Crippen molar-refractivity contribution < 1.29 is 0 Å². The van der Waals surface area contributed by atoms with Crippen LogP contribution in [0.15, 0.2) is 15.4 Å². The third-order valence-corrected chi connectivity index (χ3v) is 3.88. The molecule has 90 valence electrons. The smallest absolute Gasteiger partial charge is 0.221 e. The molecule has 2 aromatic rings. The van der Waals surface area contributed by atoms with Gasteiger partial charge in [0.15, 0.2) is 4.34 Å². The van der Waals surface area contributed by atoms with Gasteiger partial charge in [-0.1, -0.05) is 11.3 Å². The van der Waals surface area contributed by atoms with Crippen LogP contribution in [0.5, 0.6) is 0 Å². The summed E-state index contributed by atoms with van der Waals surface area (Å²) in [4.78, 5) is 10.1. The minimum atomic E-state index is 0.282. The van der Waals surface area contributed by atoms with E-state index in [2.05, 4.69) is 20.2 Å². The Morgan fingerprint density at radius 3 is 2.65 bits per heavy atom. The molecule has 8 heteroatoms. The lowest BCUT2D eigenvalue weighted by molar-refractivity contribution is 0.967. The standard InChI is InChI=1S/C9H12N6S2/c1-5-4-6(12-7(10)11-5)16-9-14-13-8(17-9)15(2)3/h4H,1-3H3,(H2,10,11,12). The number of aromatic nitrogens is 4. The number of anilines is 2. The Morgan fingerprint density at radius 1 is 1.29 bits per heavy atom. The van der Waals surface area contributed by atoms with Crippen LogP contribution in [0.4, 0.5) is 11.1 Å². The zero-order valence-electron chi connectivity index (χ0n) is 9.71. The van der Waals surface area contributed by atoms with Gasteiger partial charge in [0.2, 0.25) is 11.1 Å². The molecule has 0 fully saturated rings. The molecule has 0 saturated heterocycles. The molecule has 0 aliphatic carbocycles. The maximum atomic E-state index is 5.59.